The van der Waals surface area contributed by atoms with Gasteiger partial charge in [0, 0.05) is 24.9 Å². The topological polar surface area (TPSA) is 30.5 Å². The van der Waals surface area contributed by atoms with Gasteiger partial charge in [0.25, 0.3) is 0 Å². The number of hydrogen-bond acceptors (Lipinski definition) is 3. The van der Waals surface area contributed by atoms with Crippen molar-refractivity contribution in [2.75, 3.05) is 25.6 Å². The summed E-state index contributed by atoms with van der Waals surface area (Å²) < 4.78 is 10.6. The molecule has 0 heterocycles. The molecule has 1 aliphatic carbocycles. The first-order valence-corrected chi connectivity index (χ1v) is 7.28. The van der Waals surface area contributed by atoms with Gasteiger partial charge in [0.15, 0.2) is 0 Å². The third kappa shape index (κ3) is 4.43. The molecule has 3 nitrogen and oxygen atoms in total. The van der Waals surface area contributed by atoms with Crippen LogP contribution in [0.25, 0.3) is 0 Å². The molecule has 2 rings (SSSR count). The van der Waals surface area contributed by atoms with Crippen molar-refractivity contribution in [1.82, 2.24) is 0 Å². The van der Waals surface area contributed by atoms with E-state index in [0.29, 0.717) is 19.3 Å². The number of anilines is 1. The molecular weight excluding hydrogens is 238 g/mol. The van der Waals surface area contributed by atoms with Gasteiger partial charge in [0.05, 0.1) is 6.61 Å². The average Bonchev–Trinajstić information content (AvgIpc) is 2.93. The van der Waals surface area contributed by atoms with E-state index in [4.69, 9.17) is 9.47 Å². The fourth-order valence-corrected chi connectivity index (χ4v) is 2.76. The predicted octanol–water partition coefficient (Wildman–Crippen LogP) is 3.70. The van der Waals surface area contributed by atoms with Gasteiger partial charge in [-0.15, -0.1) is 0 Å². The summed E-state index contributed by atoms with van der Waals surface area (Å²) in [4.78, 5) is 0. The highest BCUT2D eigenvalue weighted by atomic mass is 16.5. The highest BCUT2D eigenvalue weighted by molar-refractivity contribution is 5.48. The second kappa shape index (κ2) is 7.39. The largest absolute Gasteiger partial charge is 0.491 e. The van der Waals surface area contributed by atoms with Gasteiger partial charge in [0.2, 0.25) is 0 Å². The van der Waals surface area contributed by atoms with Gasteiger partial charge in [0.1, 0.15) is 12.4 Å². The summed E-state index contributed by atoms with van der Waals surface area (Å²) in [6.45, 7) is 3.50. The van der Waals surface area contributed by atoms with Crippen molar-refractivity contribution >= 4 is 5.69 Å². The molecule has 19 heavy (non-hydrogen) atoms. The lowest BCUT2D eigenvalue weighted by molar-refractivity contribution is 0.146. The van der Waals surface area contributed by atoms with E-state index < -0.39 is 0 Å². The molecule has 0 radical (unpaired) electrons. The minimum atomic E-state index is 0.539. The van der Waals surface area contributed by atoms with Crippen LogP contribution in [-0.2, 0) is 4.74 Å². The van der Waals surface area contributed by atoms with Gasteiger partial charge in [-0.2, -0.15) is 0 Å². The number of nitrogens with one attached hydrogen (secondary N) is 1. The molecule has 1 unspecified atom stereocenters. The van der Waals surface area contributed by atoms with Crippen molar-refractivity contribution in [2.24, 2.45) is 5.92 Å². The van der Waals surface area contributed by atoms with Crippen LogP contribution in [0.4, 0.5) is 5.69 Å². The molecule has 0 amide bonds. The van der Waals surface area contributed by atoms with Crippen LogP contribution in [0.5, 0.6) is 5.75 Å². The Bertz CT molecular complexity index is 375. The van der Waals surface area contributed by atoms with Crippen LogP contribution in [0.2, 0.25) is 0 Å². The van der Waals surface area contributed by atoms with Crippen LogP contribution < -0.4 is 10.1 Å². The first kappa shape index (κ1) is 14.2. The summed E-state index contributed by atoms with van der Waals surface area (Å²) in [5.41, 5.74) is 1.15. The Kier molecular flexibility index (Phi) is 5.52. The van der Waals surface area contributed by atoms with E-state index in [0.717, 1.165) is 17.4 Å². The highest BCUT2D eigenvalue weighted by Gasteiger charge is 2.21. The van der Waals surface area contributed by atoms with Crippen LogP contribution in [0.15, 0.2) is 24.3 Å². The van der Waals surface area contributed by atoms with Crippen LogP contribution in [0.3, 0.4) is 0 Å². The molecule has 106 valence electrons. The summed E-state index contributed by atoms with van der Waals surface area (Å²) in [6, 6.07) is 8.74. The Labute approximate surface area is 116 Å². The van der Waals surface area contributed by atoms with E-state index in [9.17, 15) is 0 Å². The number of hydrogen-bond donors (Lipinski definition) is 1. The van der Waals surface area contributed by atoms with Gasteiger partial charge in [-0.3, -0.25) is 0 Å². The maximum Gasteiger partial charge on any atom is 0.121 e. The van der Waals surface area contributed by atoms with Crippen molar-refractivity contribution in [3.63, 3.8) is 0 Å². The minimum Gasteiger partial charge on any atom is -0.491 e. The molecule has 0 saturated heterocycles. The van der Waals surface area contributed by atoms with Crippen molar-refractivity contribution < 1.29 is 9.47 Å². The van der Waals surface area contributed by atoms with Crippen molar-refractivity contribution in [2.45, 2.75) is 38.6 Å². The molecule has 0 aliphatic heterocycles. The summed E-state index contributed by atoms with van der Waals surface area (Å²) in [5.74, 6) is 1.72. The summed E-state index contributed by atoms with van der Waals surface area (Å²) in [6.07, 6.45) is 5.49. The van der Waals surface area contributed by atoms with E-state index in [-0.39, 0.29) is 0 Å². The first-order valence-electron chi connectivity index (χ1n) is 7.28. The first-order chi connectivity index (χ1) is 9.29. The van der Waals surface area contributed by atoms with Crippen LogP contribution in [-0.4, -0.2) is 26.4 Å². The minimum absolute atomic E-state index is 0.539. The zero-order chi connectivity index (χ0) is 13.5. The Morgan fingerprint density at radius 1 is 1.26 bits per heavy atom. The molecule has 1 aromatic carbocycles. The SMILES string of the molecule is COCCOc1cccc(NC(C)C2CCCC2)c1. The quantitative estimate of drug-likeness (QED) is 0.761. The highest BCUT2D eigenvalue weighted by Crippen LogP contribution is 2.29. The molecule has 0 aromatic heterocycles. The molecule has 1 N–H and O–H groups in total. The molecule has 1 saturated carbocycles. The van der Waals surface area contributed by atoms with Crippen molar-refractivity contribution in [3.05, 3.63) is 24.3 Å². The number of benzene rings is 1. The Balaban J connectivity index is 1.86. The number of rotatable bonds is 7. The third-order valence-corrected chi connectivity index (χ3v) is 3.89. The molecule has 1 fully saturated rings. The fourth-order valence-electron chi connectivity index (χ4n) is 2.76. The Hall–Kier alpha value is -1.22. The van der Waals surface area contributed by atoms with Crippen molar-refractivity contribution in [1.29, 1.82) is 0 Å². The van der Waals surface area contributed by atoms with Crippen LogP contribution in [0.1, 0.15) is 32.6 Å². The van der Waals surface area contributed by atoms with E-state index in [1.165, 1.54) is 25.7 Å². The van der Waals surface area contributed by atoms with E-state index >= 15 is 0 Å². The number of methoxy groups -OCH3 is 1. The van der Waals surface area contributed by atoms with Crippen LogP contribution in [0, 0.1) is 5.92 Å². The Morgan fingerprint density at radius 2 is 2.05 bits per heavy atom. The second-order valence-corrected chi connectivity index (χ2v) is 5.35. The van der Waals surface area contributed by atoms with Crippen molar-refractivity contribution in [3.8, 4) is 5.75 Å². The fraction of sp³-hybridized carbons (Fsp3) is 0.625. The lowest BCUT2D eigenvalue weighted by atomic mass is 9.99. The van der Waals surface area contributed by atoms with E-state index in [1.807, 2.05) is 12.1 Å². The molecule has 1 atom stereocenters. The smallest absolute Gasteiger partial charge is 0.121 e. The summed E-state index contributed by atoms with van der Waals surface area (Å²) in [5, 5.41) is 3.60. The molecule has 0 spiro atoms. The van der Waals surface area contributed by atoms with E-state index in [1.54, 1.807) is 7.11 Å². The van der Waals surface area contributed by atoms with E-state index in [2.05, 4.69) is 24.4 Å². The maximum absolute atomic E-state index is 5.63. The van der Waals surface area contributed by atoms with Crippen LogP contribution >= 0.6 is 0 Å². The molecule has 1 aliphatic rings. The van der Waals surface area contributed by atoms with Gasteiger partial charge < -0.3 is 14.8 Å². The zero-order valence-electron chi connectivity index (χ0n) is 12.0. The van der Waals surface area contributed by atoms with Gasteiger partial charge in [-0.1, -0.05) is 18.9 Å². The van der Waals surface area contributed by atoms with Gasteiger partial charge in [-0.05, 0) is 37.8 Å². The molecule has 3 heteroatoms. The third-order valence-electron chi connectivity index (χ3n) is 3.89. The lowest BCUT2D eigenvalue weighted by Crippen LogP contribution is -2.23. The number of ether oxygens (including phenoxy) is 2. The molecule has 1 aromatic rings. The molecular formula is C16H25NO2. The molecule has 0 bridgehead atoms. The Morgan fingerprint density at radius 3 is 2.79 bits per heavy atom. The van der Waals surface area contributed by atoms with Gasteiger partial charge in [-0.25, -0.2) is 0 Å². The maximum atomic E-state index is 5.63. The summed E-state index contributed by atoms with van der Waals surface area (Å²) >= 11 is 0. The predicted molar refractivity (Wildman–Crippen MR) is 78.9 cm³/mol. The summed E-state index contributed by atoms with van der Waals surface area (Å²) in [7, 11) is 1.69. The monoisotopic (exact) mass is 263 g/mol. The standard InChI is InChI=1S/C16H25NO2/c1-13(14-6-3-4-7-14)17-15-8-5-9-16(12-15)19-11-10-18-2/h5,8-9,12-14,17H,3-4,6-7,10-11H2,1-2H3. The normalized spacial score (nSPS) is 17.4. The average molecular weight is 263 g/mol. The zero-order valence-corrected chi connectivity index (χ0v) is 12.0. The second-order valence-electron chi connectivity index (χ2n) is 5.35. The van der Waals surface area contributed by atoms with Gasteiger partial charge >= 0.3 is 0 Å². The lowest BCUT2D eigenvalue weighted by Gasteiger charge is -2.21.